The van der Waals surface area contributed by atoms with Gasteiger partial charge in [0.15, 0.2) is 0 Å². The van der Waals surface area contributed by atoms with E-state index in [0.29, 0.717) is 0 Å². The van der Waals surface area contributed by atoms with Gasteiger partial charge >= 0.3 is 0 Å². The van der Waals surface area contributed by atoms with Crippen LogP contribution in [0, 0.1) is 11.8 Å². The van der Waals surface area contributed by atoms with Crippen LogP contribution in [0.3, 0.4) is 0 Å². The molecular weight excluding hydrogens is 252 g/mol. The Kier molecular flexibility index (Phi) is 4.47. The molecule has 20 heavy (non-hydrogen) atoms. The molecule has 0 aromatic carbocycles. The highest BCUT2D eigenvalue weighted by Crippen LogP contribution is 2.37. The molecule has 1 unspecified atom stereocenters. The van der Waals surface area contributed by atoms with Crippen molar-refractivity contribution in [2.45, 2.75) is 12.8 Å². The summed E-state index contributed by atoms with van der Waals surface area (Å²) < 4.78 is 5.38. The fourth-order valence-electron chi connectivity index (χ4n) is 3.07. The van der Waals surface area contributed by atoms with Gasteiger partial charge in [-0.2, -0.15) is 0 Å². The molecule has 1 saturated carbocycles. The molecule has 1 aromatic heterocycles. The van der Waals surface area contributed by atoms with Crippen molar-refractivity contribution in [2.75, 3.05) is 51.3 Å². The number of rotatable bonds is 6. The van der Waals surface area contributed by atoms with Crippen molar-refractivity contribution in [3.05, 3.63) is 18.6 Å². The summed E-state index contributed by atoms with van der Waals surface area (Å²) in [5.74, 6) is 2.64. The maximum Gasteiger partial charge on any atom is 0.147 e. The Balaban J connectivity index is 0.00000161. The molecule has 3 rings (SSSR count). The Morgan fingerprint density at radius 3 is 2.70 bits per heavy atom. The van der Waals surface area contributed by atoms with Gasteiger partial charge in [-0.15, -0.1) is 0 Å². The molecule has 1 atom stereocenters. The molecule has 5 nitrogen and oxygen atoms in total. The van der Waals surface area contributed by atoms with Crippen LogP contribution in [-0.2, 0) is 4.74 Å². The van der Waals surface area contributed by atoms with Gasteiger partial charge < -0.3 is 9.64 Å². The van der Waals surface area contributed by atoms with Crippen LogP contribution >= 0.6 is 0 Å². The van der Waals surface area contributed by atoms with Gasteiger partial charge in [-0.25, -0.2) is 4.98 Å². The van der Waals surface area contributed by atoms with Crippen LogP contribution in [0.15, 0.2) is 18.6 Å². The van der Waals surface area contributed by atoms with Gasteiger partial charge in [0.05, 0.1) is 12.8 Å². The zero-order valence-corrected chi connectivity index (χ0v) is 12.2. The van der Waals surface area contributed by atoms with Crippen molar-refractivity contribution in [2.24, 2.45) is 11.8 Å². The summed E-state index contributed by atoms with van der Waals surface area (Å²) in [7, 11) is 1.82. The maximum atomic E-state index is 5.38. The van der Waals surface area contributed by atoms with Crippen molar-refractivity contribution < 1.29 is 6.16 Å². The molecule has 1 saturated heterocycles. The molecule has 0 bridgehead atoms. The minimum absolute atomic E-state index is 0. The summed E-state index contributed by atoms with van der Waals surface area (Å²) in [6.07, 6.45) is 8.14. The van der Waals surface area contributed by atoms with Gasteiger partial charge in [-0.1, -0.05) is 0 Å². The van der Waals surface area contributed by atoms with E-state index in [1.807, 2.05) is 13.3 Å². The molecule has 1 aliphatic carbocycles. The predicted molar refractivity (Wildman–Crippen MR) is 80.9 cm³/mol. The van der Waals surface area contributed by atoms with E-state index in [0.717, 1.165) is 50.4 Å². The van der Waals surface area contributed by atoms with E-state index in [2.05, 4.69) is 19.8 Å². The van der Waals surface area contributed by atoms with Gasteiger partial charge in [0.25, 0.3) is 0 Å². The first-order valence-electron chi connectivity index (χ1n) is 7.59. The Labute approximate surface area is 122 Å². The Morgan fingerprint density at radius 1 is 1.30 bits per heavy atom. The minimum Gasteiger partial charge on any atom is -0.384 e. The largest absolute Gasteiger partial charge is 0.384 e. The highest BCUT2D eigenvalue weighted by Gasteiger charge is 2.33. The molecule has 2 fully saturated rings. The zero-order valence-electron chi connectivity index (χ0n) is 12.2. The van der Waals surface area contributed by atoms with Gasteiger partial charge in [-0.05, 0) is 24.7 Å². The molecular formula is C15H26N4O. The second-order valence-corrected chi connectivity index (χ2v) is 5.90. The number of aromatic nitrogens is 2. The monoisotopic (exact) mass is 278 g/mol. The fraction of sp³-hybridized carbons (Fsp3) is 0.733. The zero-order chi connectivity index (χ0) is 13.8. The molecule has 0 amide bonds. The van der Waals surface area contributed by atoms with Gasteiger partial charge in [0.2, 0.25) is 0 Å². The van der Waals surface area contributed by atoms with Crippen LogP contribution in [0.1, 0.15) is 14.3 Å². The van der Waals surface area contributed by atoms with Crippen LogP contribution in [0.4, 0.5) is 5.82 Å². The van der Waals surface area contributed by atoms with E-state index in [1.54, 1.807) is 12.4 Å². The second kappa shape index (κ2) is 6.50. The van der Waals surface area contributed by atoms with E-state index < -0.39 is 0 Å². The standard InChI is InChI=1S/C15H24N4O.H2/c1-20-12-14(13-2-3-13)11-18-6-8-19(9-7-18)15-10-16-4-5-17-15;/h4-5,10,13-14H,2-3,6-9,11-12H2,1H3;1H. The van der Waals surface area contributed by atoms with Gasteiger partial charge in [0.1, 0.15) is 5.82 Å². The normalized spacial score (nSPS) is 21.9. The molecule has 5 heteroatoms. The number of piperazine rings is 1. The number of hydrogen-bond donors (Lipinski definition) is 0. The molecule has 0 spiro atoms. The van der Waals surface area contributed by atoms with E-state index in [1.165, 1.54) is 19.4 Å². The molecule has 2 aliphatic rings. The Hall–Kier alpha value is -1.20. The van der Waals surface area contributed by atoms with Crippen molar-refractivity contribution in [1.82, 2.24) is 14.9 Å². The Bertz CT molecular complexity index is 407. The van der Waals surface area contributed by atoms with Crippen LogP contribution < -0.4 is 4.90 Å². The average Bonchev–Trinajstić information content (AvgIpc) is 3.33. The van der Waals surface area contributed by atoms with Gasteiger partial charge in [0, 0.05) is 53.7 Å². The molecule has 1 aliphatic heterocycles. The lowest BCUT2D eigenvalue weighted by Crippen LogP contribution is -2.48. The number of methoxy groups -OCH3 is 1. The number of ether oxygens (including phenoxy) is 1. The van der Waals surface area contributed by atoms with Crippen LogP contribution in [0.5, 0.6) is 0 Å². The molecule has 2 heterocycles. The smallest absolute Gasteiger partial charge is 0.147 e. The Morgan fingerprint density at radius 2 is 2.10 bits per heavy atom. The molecule has 0 N–H and O–H groups in total. The highest BCUT2D eigenvalue weighted by atomic mass is 16.5. The quantitative estimate of drug-likeness (QED) is 0.789. The highest BCUT2D eigenvalue weighted by molar-refractivity contribution is 5.35. The van der Waals surface area contributed by atoms with Gasteiger partial charge in [-0.3, -0.25) is 9.88 Å². The summed E-state index contributed by atoms with van der Waals surface area (Å²) in [6.45, 7) is 6.42. The van der Waals surface area contributed by atoms with E-state index in [-0.39, 0.29) is 1.43 Å². The predicted octanol–water partition coefficient (Wildman–Crippen LogP) is 1.52. The molecule has 0 radical (unpaired) electrons. The summed E-state index contributed by atoms with van der Waals surface area (Å²) in [5.41, 5.74) is 0. The summed E-state index contributed by atoms with van der Waals surface area (Å²) >= 11 is 0. The third-order valence-electron chi connectivity index (χ3n) is 4.41. The van der Waals surface area contributed by atoms with Crippen molar-refractivity contribution in [3.8, 4) is 0 Å². The van der Waals surface area contributed by atoms with E-state index in [9.17, 15) is 0 Å². The molecule has 112 valence electrons. The second-order valence-electron chi connectivity index (χ2n) is 5.90. The lowest BCUT2D eigenvalue weighted by molar-refractivity contribution is 0.107. The van der Waals surface area contributed by atoms with Crippen LogP contribution in [0.2, 0.25) is 0 Å². The summed E-state index contributed by atoms with van der Waals surface area (Å²) in [6, 6.07) is 0. The van der Waals surface area contributed by atoms with Crippen LogP contribution in [-0.4, -0.2) is 61.3 Å². The summed E-state index contributed by atoms with van der Waals surface area (Å²) in [4.78, 5) is 13.4. The lowest BCUT2D eigenvalue weighted by atomic mass is 10.0. The first-order chi connectivity index (χ1) is 9.86. The third-order valence-corrected chi connectivity index (χ3v) is 4.41. The van der Waals surface area contributed by atoms with Crippen LogP contribution in [0.25, 0.3) is 0 Å². The van der Waals surface area contributed by atoms with Crippen molar-refractivity contribution >= 4 is 5.82 Å². The fourth-order valence-corrected chi connectivity index (χ4v) is 3.07. The lowest BCUT2D eigenvalue weighted by Gasteiger charge is -2.36. The topological polar surface area (TPSA) is 41.5 Å². The first-order valence-corrected chi connectivity index (χ1v) is 7.59. The van der Waals surface area contributed by atoms with Crippen molar-refractivity contribution in [1.29, 1.82) is 0 Å². The summed E-state index contributed by atoms with van der Waals surface area (Å²) in [5, 5.41) is 0. The number of hydrogen-bond acceptors (Lipinski definition) is 5. The van der Waals surface area contributed by atoms with E-state index in [4.69, 9.17) is 4.74 Å². The molecule has 1 aromatic rings. The third kappa shape index (κ3) is 3.46. The van der Waals surface area contributed by atoms with E-state index >= 15 is 0 Å². The SMILES string of the molecule is COCC(CN1CCN(c2cnccn2)CC1)C1CC1.[HH]. The first kappa shape index (κ1) is 13.8. The average molecular weight is 278 g/mol. The van der Waals surface area contributed by atoms with Crippen molar-refractivity contribution in [3.63, 3.8) is 0 Å². The minimum atomic E-state index is 0. The number of nitrogens with zero attached hydrogens (tertiary/aromatic N) is 4. The maximum absolute atomic E-state index is 5.38. The number of anilines is 1.